The van der Waals surface area contributed by atoms with Gasteiger partial charge in [0.25, 0.3) is 5.69 Å². The third-order valence-electron chi connectivity index (χ3n) is 0.793. The van der Waals surface area contributed by atoms with E-state index in [1.165, 1.54) is 16.7 Å². The van der Waals surface area contributed by atoms with Gasteiger partial charge in [-0.15, -0.1) is 11.3 Å². The Morgan fingerprint density at radius 2 is 2.33 bits per heavy atom. The topological polar surface area (TPSA) is 43.1 Å². The van der Waals surface area contributed by atoms with Gasteiger partial charge in [0.2, 0.25) is 0 Å². The fourth-order valence-corrected chi connectivity index (χ4v) is 1.79. The molecule has 3 nitrogen and oxygen atoms in total. The molecule has 0 radical (unpaired) electrons. The number of nitro groups is 1. The van der Waals surface area contributed by atoms with Gasteiger partial charge in [0.15, 0.2) is 0 Å². The summed E-state index contributed by atoms with van der Waals surface area (Å²) in [6.07, 6.45) is 0. The highest BCUT2D eigenvalue weighted by Crippen LogP contribution is 2.27. The molecule has 1 heterocycles. The third-order valence-corrected chi connectivity index (χ3v) is 2.46. The minimum absolute atomic E-state index is 0.139. The van der Waals surface area contributed by atoms with E-state index >= 15 is 0 Å². The largest absolute Gasteiger partial charge is 0.294 e. The Bertz CT molecular complexity index is 234. The molecule has 0 fully saturated rings. The first-order chi connectivity index (χ1) is 4.22. The van der Waals surface area contributed by atoms with E-state index in [4.69, 9.17) is 0 Å². The predicted octanol–water partition coefficient (Wildman–Crippen LogP) is 2.42. The van der Waals surface area contributed by atoms with Crippen LogP contribution in [0.2, 0.25) is 0 Å². The van der Waals surface area contributed by atoms with E-state index in [0.717, 1.165) is 0 Å². The Balaban J connectivity index is 3.08. The Kier molecular flexibility index (Phi) is 1.82. The Hall–Kier alpha value is -0.420. The second-order valence-electron chi connectivity index (χ2n) is 1.36. The van der Waals surface area contributed by atoms with Crippen molar-refractivity contribution in [3.63, 3.8) is 0 Å². The summed E-state index contributed by atoms with van der Waals surface area (Å²) in [5.41, 5.74) is 0.139. The van der Waals surface area contributed by atoms with Gasteiger partial charge in [-0.25, -0.2) is 0 Å². The van der Waals surface area contributed by atoms with Crippen molar-refractivity contribution < 1.29 is 4.92 Å². The van der Waals surface area contributed by atoms with E-state index in [0.29, 0.717) is 4.47 Å². The Labute approximate surface area is 63.6 Å². The lowest BCUT2D eigenvalue weighted by Crippen LogP contribution is -1.83. The van der Waals surface area contributed by atoms with E-state index in [1.807, 2.05) is 0 Å². The highest BCUT2D eigenvalue weighted by Gasteiger charge is 2.10. The number of hydrogen-bond acceptors (Lipinski definition) is 3. The third kappa shape index (κ3) is 1.28. The quantitative estimate of drug-likeness (QED) is 0.525. The van der Waals surface area contributed by atoms with Crippen LogP contribution in [0.15, 0.2) is 15.2 Å². The van der Waals surface area contributed by atoms with Crippen molar-refractivity contribution >= 4 is 33.0 Å². The lowest BCUT2D eigenvalue weighted by molar-refractivity contribution is -0.385. The maximum atomic E-state index is 10.1. The van der Waals surface area contributed by atoms with Crippen LogP contribution in [-0.4, -0.2) is 4.92 Å². The van der Waals surface area contributed by atoms with Gasteiger partial charge in [0.05, 0.1) is 10.3 Å². The average molecular weight is 208 g/mol. The van der Waals surface area contributed by atoms with Gasteiger partial charge in [-0.1, -0.05) is 0 Å². The molecule has 0 saturated heterocycles. The van der Waals surface area contributed by atoms with Gasteiger partial charge in [0.1, 0.15) is 4.47 Å². The van der Waals surface area contributed by atoms with Gasteiger partial charge in [-0.2, -0.15) is 0 Å². The lowest BCUT2D eigenvalue weighted by Gasteiger charge is -1.82. The molecular weight excluding hydrogens is 206 g/mol. The molecule has 0 aliphatic rings. The SMILES string of the molecule is O=[N+]([O-])c1cscc1Br. The normalized spacial score (nSPS) is 9.44. The van der Waals surface area contributed by atoms with Crippen LogP contribution in [0.1, 0.15) is 0 Å². The summed E-state index contributed by atoms with van der Waals surface area (Å²) >= 11 is 4.34. The first-order valence-electron chi connectivity index (χ1n) is 2.08. The maximum absolute atomic E-state index is 10.1. The molecule has 0 bridgehead atoms. The van der Waals surface area contributed by atoms with Crippen LogP contribution in [0.3, 0.4) is 0 Å². The molecule has 0 aliphatic heterocycles. The predicted molar refractivity (Wildman–Crippen MR) is 38.7 cm³/mol. The highest BCUT2D eigenvalue weighted by atomic mass is 79.9. The first kappa shape index (κ1) is 6.70. The van der Waals surface area contributed by atoms with E-state index in [9.17, 15) is 10.1 Å². The number of thiophene rings is 1. The standard InChI is InChI=1S/C4H2BrNO2S/c5-3-1-9-2-4(3)6(7)8/h1-2H. The van der Waals surface area contributed by atoms with E-state index in [-0.39, 0.29) is 5.69 Å². The fourth-order valence-electron chi connectivity index (χ4n) is 0.405. The molecule has 0 atom stereocenters. The highest BCUT2D eigenvalue weighted by molar-refractivity contribution is 9.10. The molecule has 0 N–H and O–H groups in total. The second-order valence-corrected chi connectivity index (χ2v) is 2.96. The van der Waals surface area contributed by atoms with Gasteiger partial charge >= 0.3 is 0 Å². The number of hydrogen-bond donors (Lipinski definition) is 0. The number of halogens is 1. The van der Waals surface area contributed by atoms with E-state index < -0.39 is 4.92 Å². The van der Waals surface area contributed by atoms with Gasteiger partial charge < -0.3 is 0 Å². The fraction of sp³-hybridized carbons (Fsp3) is 0. The van der Waals surface area contributed by atoms with Crippen LogP contribution in [-0.2, 0) is 0 Å². The number of nitrogens with zero attached hydrogens (tertiary/aromatic N) is 1. The van der Waals surface area contributed by atoms with E-state index in [1.54, 1.807) is 5.38 Å². The average Bonchev–Trinajstić information content (AvgIpc) is 2.13. The van der Waals surface area contributed by atoms with Crippen LogP contribution in [0, 0.1) is 10.1 Å². The molecule has 0 spiro atoms. The van der Waals surface area contributed by atoms with Crippen molar-refractivity contribution in [2.45, 2.75) is 0 Å². The van der Waals surface area contributed by atoms with Crippen molar-refractivity contribution in [3.05, 3.63) is 25.3 Å². The van der Waals surface area contributed by atoms with Gasteiger partial charge in [0, 0.05) is 5.38 Å². The Morgan fingerprint density at radius 3 is 2.56 bits per heavy atom. The number of rotatable bonds is 1. The van der Waals surface area contributed by atoms with Gasteiger partial charge in [-0.05, 0) is 15.9 Å². The van der Waals surface area contributed by atoms with Crippen molar-refractivity contribution in [2.24, 2.45) is 0 Å². The molecule has 1 rings (SSSR count). The molecule has 0 aliphatic carbocycles. The van der Waals surface area contributed by atoms with Crippen molar-refractivity contribution in [1.29, 1.82) is 0 Å². The molecule has 0 unspecified atom stereocenters. The van der Waals surface area contributed by atoms with Crippen LogP contribution >= 0.6 is 27.3 Å². The van der Waals surface area contributed by atoms with Gasteiger partial charge in [-0.3, -0.25) is 10.1 Å². The van der Waals surface area contributed by atoms with Crippen LogP contribution in [0.25, 0.3) is 0 Å². The zero-order valence-corrected chi connectivity index (χ0v) is 6.61. The minimum atomic E-state index is -0.416. The minimum Gasteiger partial charge on any atom is -0.258 e. The van der Waals surface area contributed by atoms with Crippen LogP contribution in [0.4, 0.5) is 5.69 Å². The van der Waals surface area contributed by atoms with Crippen molar-refractivity contribution in [3.8, 4) is 0 Å². The molecule has 48 valence electrons. The van der Waals surface area contributed by atoms with E-state index in [2.05, 4.69) is 15.9 Å². The molecule has 1 aromatic heterocycles. The molecule has 0 saturated carbocycles. The summed E-state index contributed by atoms with van der Waals surface area (Å²) in [7, 11) is 0. The van der Waals surface area contributed by atoms with Crippen molar-refractivity contribution in [2.75, 3.05) is 0 Å². The summed E-state index contributed by atoms with van der Waals surface area (Å²) in [5, 5.41) is 13.2. The van der Waals surface area contributed by atoms with Crippen LogP contribution < -0.4 is 0 Å². The maximum Gasteiger partial charge on any atom is 0.294 e. The molecule has 0 amide bonds. The zero-order valence-electron chi connectivity index (χ0n) is 4.20. The molecule has 9 heavy (non-hydrogen) atoms. The van der Waals surface area contributed by atoms with Crippen LogP contribution in [0.5, 0.6) is 0 Å². The lowest BCUT2D eigenvalue weighted by atomic mass is 10.6. The first-order valence-corrected chi connectivity index (χ1v) is 3.81. The summed E-state index contributed by atoms with van der Waals surface area (Å²) in [4.78, 5) is 9.65. The monoisotopic (exact) mass is 207 g/mol. The summed E-state index contributed by atoms with van der Waals surface area (Å²) in [6, 6.07) is 0. The summed E-state index contributed by atoms with van der Waals surface area (Å²) in [6.45, 7) is 0. The van der Waals surface area contributed by atoms with Crippen molar-refractivity contribution in [1.82, 2.24) is 0 Å². The summed E-state index contributed by atoms with van der Waals surface area (Å²) < 4.78 is 0.553. The molecule has 0 aromatic carbocycles. The molecular formula is C4H2BrNO2S. The molecule has 5 heteroatoms. The zero-order chi connectivity index (χ0) is 6.85. The second kappa shape index (κ2) is 2.45. The summed E-state index contributed by atoms with van der Waals surface area (Å²) in [5.74, 6) is 0. The Morgan fingerprint density at radius 1 is 1.67 bits per heavy atom. The smallest absolute Gasteiger partial charge is 0.258 e. The molecule has 1 aromatic rings.